The quantitative estimate of drug-likeness (QED) is 0.0222. The van der Waals surface area contributed by atoms with Gasteiger partial charge in [0.1, 0.15) is 19.3 Å². The lowest BCUT2D eigenvalue weighted by Crippen LogP contribution is -2.30. The molecule has 88 heavy (non-hydrogen) atoms. The molecular weight excluding hydrogens is 1160 g/mol. The molecule has 17 nitrogen and oxygen atoms in total. The second kappa shape index (κ2) is 61.3. The number of rotatable bonds is 68. The van der Waals surface area contributed by atoms with E-state index >= 15 is 0 Å². The molecular formula is C69H134O17P2. The van der Waals surface area contributed by atoms with E-state index in [1.165, 1.54) is 161 Å². The molecule has 0 aromatic carbocycles. The third-order valence-corrected chi connectivity index (χ3v) is 17.9. The van der Waals surface area contributed by atoms with Crippen molar-refractivity contribution < 1.29 is 80.2 Å². The van der Waals surface area contributed by atoms with Crippen molar-refractivity contribution in [1.82, 2.24) is 0 Å². The molecule has 0 spiro atoms. The van der Waals surface area contributed by atoms with Crippen LogP contribution in [0.15, 0.2) is 0 Å². The molecule has 0 heterocycles. The van der Waals surface area contributed by atoms with Crippen molar-refractivity contribution in [3.05, 3.63) is 0 Å². The summed E-state index contributed by atoms with van der Waals surface area (Å²) in [5, 5.41) is 10.5. The first kappa shape index (κ1) is 86.1. The largest absolute Gasteiger partial charge is 0.472 e. The van der Waals surface area contributed by atoms with Crippen LogP contribution in [0.5, 0.6) is 0 Å². The molecule has 0 saturated carbocycles. The van der Waals surface area contributed by atoms with Crippen LogP contribution >= 0.6 is 15.6 Å². The van der Waals surface area contributed by atoms with Crippen molar-refractivity contribution in [3.8, 4) is 0 Å². The Morgan fingerprint density at radius 3 is 0.773 bits per heavy atom. The van der Waals surface area contributed by atoms with E-state index in [0.29, 0.717) is 25.7 Å². The van der Waals surface area contributed by atoms with E-state index in [9.17, 15) is 43.2 Å². The topological polar surface area (TPSA) is 237 Å². The number of ether oxygens (including phenoxy) is 4. The highest BCUT2D eigenvalue weighted by Crippen LogP contribution is 2.45. The molecule has 0 fully saturated rings. The number of aliphatic hydroxyl groups is 1. The Bertz CT molecular complexity index is 1720. The fourth-order valence-electron chi connectivity index (χ4n) is 10.4. The lowest BCUT2D eigenvalue weighted by atomic mass is 10.0. The van der Waals surface area contributed by atoms with Crippen LogP contribution in [0.1, 0.15) is 350 Å². The number of unbranched alkanes of at least 4 members (excludes halogenated alkanes) is 38. The highest BCUT2D eigenvalue weighted by Gasteiger charge is 2.30. The summed E-state index contributed by atoms with van der Waals surface area (Å²) in [5.41, 5.74) is 0. The van der Waals surface area contributed by atoms with Crippen molar-refractivity contribution in [2.75, 3.05) is 39.6 Å². The summed E-state index contributed by atoms with van der Waals surface area (Å²) in [7, 11) is -9.89. The zero-order valence-electron chi connectivity index (χ0n) is 57.0. The predicted molar refractivity (Wildman–Crippen MR) is 354 cm³/mol. The minimum absolute atomic E-state index is 0.104. The Kier molecular flexibility index (Phi) is 59.9. The Labute approximate surface area is 537 Å². The molecule has 0 amide bonds. The third kappa shape index (κ3) is 62.8. The molecule has 0 saturated heterocycles. The van der Waals surface area contributed by atoms with Gasteiger partial charge in [0.2, 0.25) is 0 Å². The summed E-state index contributed by atoms with van der Waals surface area (Å²) in [6, 6.07) is 0. The Balaban J connectivity index is 5.16. The van der Waals surface area contributed by atoms with Crippen molar-refractivity contribution >= 4 is 39.5 Å². The highest BCUT2D eigenvalue weighted by atomic mass is 31.2. The zero-order valence-corrected chi connectivity index (χ0v) is 58.8. The lowest BCUT2D eigenvalue weighted by Gasteiger charge is -2.21. The van der Waals surface area contributed by atoms with Crippen LogP contribution in [0.3, 0.4) is 0 Å². The van der Waals surface area contributed by atoms with Crippen molar-refractivity contribution in [2.24, 2.45) is 11.8 Å². The van der Waals surface area contributed by atoms with Gasteiger partial charge in [0, 0.05) is 25.7 Å². The van der Waals surface area contributed by atoms with Crippen LogP contribution in [-0.2, 0) is 65.4 Å². The SMILES string of the molecule is CCCCCCCCCCCCCCCCCCCC(=O)O[C@H](COC(=O)CCCCCCCCCCCCCCC(C)C)COP(=O)(O)OC[C@@H](O)COP(=O)(O)OC[C@@H](COC(=O)CCCCCCC)OC(=O)CCCCCCCCCCC(C)C. The van der Waals surface area contributed by atoms with Crippen LogP contribution in [0.4, 0.5) is 0 Å². The standard InChI is InChI=1S/C69H134O17P2/c1-7-9-11-13-14-15-16-17-18-19-20-21-26-29-35-41-47-53-68(73)86-65(58-80-67(72)52-46-40-34-28-25-23-22-24-27-32-38-43-49-61(3)4)60-84-88(77,78)82-56-63(70)55-81-87(75,76)83-59-64(57-79-66(71)51-45-37-12-10-8-2)85-69(74)54-48-42-36-31-30-33-39-44-50-62(5)6/h61-65,70H,7-60H2,1-6H3,(H,75,76)(H,77,78)/t63-,64+,65+/m0/s1. The van der Waals surface area contributed by atoms with Crippen LogP contribution in [-0.4, -0.2) is 96.7 Å². The van der Waals surface area contributed by atoms with Gasteiger partial charge in [0.25, 0.3) is 0 Å². The number of esters is 4. The number of carbonyl (C=O) groups is 4. The van der Waals surface area contributed by atoms with Gasteiger partial charge in [-0.15, -0.1) is 0 Å². The number of hydrogen-bond acceptors (Lipinski definition) is 15. The van der Waals surface area contributed by atoms with Crippen LogP contribution in [0.2, 0.25) is 0 Å². The molecule has 5 atom stereocenters. The second-order valence-corrected chi connectivity index (χ2v) is 28.8. The van der Waals surface area contributed by atoms with E-state index in [-0.39, 0.29) is 25.7 Å². The zero-order chi connectivity index (χ0) is 65.0. The summed E-state index contributed by atoms with van der Waals surface area (Å²) in [5.74, 6) is -0.637. The van der Waals surface area contributed by atoms with Gasteiger partial charge in [0.05, 0.1) is 26.4 Å². The Morgan fingerprint density at radius 1 is 0.307 bits per heavy atom. The monoisotopic (exact) mass is 1300 g/mol. The Hall–Kier alpha value is -1.94. The van der Waals surface area contributed by atoms with E-state index in [4.69, 9.17) is 37.0 Å². The highest BCUT2D eigenvalue weighted by molar-refractivity contribution is 7.47. The molecule has 0 aliphatic heterocycles. The van der Waals surface area contributed by atoms with Crippen molar-refractivity contribution in [3.63, 3.8) is 0 Å². The molecule has 19 heteroatoms. The number of aliphatic hydroxyl groups excluding tert-OH is 1. The van der Waals surface area contributed by atoms with Gasteiger partial charge in [0.15, 0.2) is 12.2 Å². The number of phosphoric acid groups is 2. The maximum atomic E-state index is 13.0. The predicted octanol–water partition coefficient (Wildman–Crippen LogP) is 19.6. The van der Waals surface area contributed by atoms with Gasteiger partial charge in [-0.2, -0.15) is 0 Å². The van der Waals surface area contributed by atoms with Gasteiger partial charge in [-0.1, -0.05) is 298 Å². The van der Waals surface area contributed by atoms with Gasteiger partial charge in [-0.05, 0) is 37.5 Å². The lowest BCUT2D eigenvalue weighted by molar-refractivity contribution is -0.161. The van der Waals surface area contributed by atoms with Gasteiger partial charge >= 0.3 is 39.5 Å². The summed E-state index contributed by atoms with van der Waals surface area (Å²) in [6.07, 6.45) is 46.3. The number of phosphoric ester groups is 2. The molecule has 522 valence electrons. The molecule has 2 unspecified atom stereocenters. The molecule has 0 radical (unpaired) electrons. The van der Waals surface area contributed by atoms with Crippen LogP contribution < -0.4 is 0 Å². The summed E-state index contributed by atoms with van der Waals surface area (Å²) < 4.78 is 68.0. The maximum absolute atomic E-state index is 13.0. The van der Waals surface area contributed by atoms with E-state index in [1.807, 2.05) is 0 Å². The minimum Gasteiger partial charge on any atom is -0.462 e. The first-order valence-corrected chi connectivity index (χ1v) is 39.0. The molecule has 0 aromatic heterocycles. The van der Waals surface area contributed by atoms with Crippen molar-refractivity contribution in [1.29, 1.82) is 0 Å². The van der Waals surface area contributed by atoms with Gasteiger partial charge in [-0.25, -0.2) is 9.13 Å². The van der Waals surface area contributed by atoms with E-state index in [2.05, 4.69) is 41.5 Å². The Morgan fingerprint density at radius 2 is 0.523 bits per heavy atom. The number of hydrogen-bond donors (Lipinski definition) is 3. The molecule has 0 aliphatic rings. The fourth-order valence-corrected chi connectivity index (χ4v) is 12.0. The third-order valence-electron chi connectivity index (χ3n) is 16.0. The van der Waals surface area contributed by atoms with Crippen LogP contribution in [0.25, 0.3) is 0 Å². The maximum Gasteiger partial charge on any atom is 0.472 e. The van der Waals surface area contributed by atoms with Crippen molar-refractivity contribution in [2.45, 2.75) is 368 Å². The normalized spacial score (nSPS) is 14.2. The van der Waals surface area contributed by atoms with E-state index < -0.39 is 97.5 Å². The summed E-state index contributed by atoms with van der Waals surface area (Å²) in [4.78, 5) is 72.2. The molecule has 0 aromatic rings. The average molecular weight is 1300 g/mol. The smallest absolute Gasteiger partial charge is 0.462 e. The fraction of sp³-hybridized carbons (Fsp3) is 0.942. The average Bonchev–Trinajstić information content (AvgIpc) is 3.58. The van der Waals surface area contributed by atoms with Crippen LogP contribution in [0, 0.1) is 11.8 Å². The minimum atomic E-state index is -4.95. The first-order valence-electron chi connectivity index (χ1n) is 36.0. The summed E-state index contributed by atoms with van der Waals surface area (Å²) in [6.45, 7) is 9.42. The molecule has 0 rings (SSSR count). The first-order chi connectivity index (χ1) is 42.4. The van der Waals surface area contributed by atoms with Gasteiger partial charge < -0.3 is 33.8 Å². The molecule has 0 aliphatic carbocycles. The van der Waals surface area contributed by atoms with E-state index in [0.717, 1.165) is 108 Å². The summed E-state index contributed by atoms with van der Waals surface area (Å²) >= 11 is 0. The molecule has 0 bridgehead atoms. The van der Waals surface area contributed by atoms with E-state index in [1.54, 1.807) is 0 Å². The second-order valence-electron chi connectivity index (χ2n) is 25.9. The van der Waals surface area contributed by atoms with Gasteiger partial charge in [-0.3, -0.25) is 37.3 Å². The number of carbonyl (C=O) groups excluding carboxylic acids is 4. The molecule has 3 N–H and O–H groups in total.